The molecule has 3 aromatic rings. The van der Waals surface area contributed by atoms with Crippen molar-refractivity contribution in [2.24, 2.45) is 5.92 Å². The van der Waals surface area contributed by atoms with Crippen LogP contribution in [0.1, 0.15) is 29.5 Å². The average molecular weight is 440 g/mol. The lowest BCUT2D eigenvalue weighted by Gasteiger charge is -2.38. The first-order valence-corrected chi connectivity index (χ1v) is 10.3. The predicted molar refractivity (Wildman–Crippen MR) is 118 cm³/mol. The van der Waals surface area contributed by atoms with E-state index in [2.05, 4.69) is 15.6 Å². The number of piperidine rings is 1. The van der Waals surface area contributed by atoms with E-state index in [0.29, 0.717) is 15.7 Å². The van der Waals surface area contributed by atoms with Crippen LogP contribution in [0.5, 0.6) is 0 Å². The maximum atomic E-state index is 13.5. The lowest BCUT2D eigenvalue weighted by Crippen LogP contribution is -2.47. The molecule has 3 atom stereocenters. The molecule has 0 aliphatic carbocycles. The number of benzene rings is 2. The molecule has 1 aliphatic rings. The highest BCUT2D eigenvalue weighted by molar-refractivity contribution is 6.31. The Morgan fingerprint density at radius 3 is 2.43 bits per heavy atom. The van der Waals surface area contributed by atoms with Crippen molar-refractivity contribution in [3.05, 3.63) is 94.2 Å². The second-order valence-corrected chi connectivity index (χ2v) is 8.10. The molecule has 5 nitrogen and oxygen atoms in total. The Labute approximate surface area is 184 Å². The van der Waals surface area contributed by atoms with Crippen molar-refractivity contribution in [3.8, 4) is 0 Å². The molecule has 1 aromatic heterocycles. The fourth-order valence-electron chi connectivity index (χ4n) is 3.92. The predicted octanol–water partition coefficient (Wildman–Crippen LogP) is 4.99. The quantitative estimate of drug-likeness (QED) is 0.601. The Bertz CT molecular complexity index is 1070. The summed E-state index contributed by atoms with van der Waals surface area (Å²) in [6.07, 6.45) is 3.51. The molecular formula is C23H19Cl2N3O2. The van der Waals surface area contributed by atoms with Crippen molar-refractivity contribution in [2.75, 3.05) is 5.32 Å². The molecule has 2 heterocycles. The monoisotopic (exact) mass is 439 g/mol. The molecule has 2 N–H and O–H groups in total. The molecule has 30 heavy (non-hydrogen) atoms. The molecule has 1 fully saturated rings. The van der Waals surface area contributed by atoms with Crippen molar-refractivity contribution < 1.29 is 9.59 Å². The van der Waals surface area contributed by atoms with Gasteiger partial charge in [-0.15, -0.1) is 0 Å². The highest BCUT2D eigenvalue weighted by Crippen LogP contribution is 2.41. The van der Waals surface area contributed by atoms with Gasteiger partial charge in [0, 0.05) is 40.5 Å². The number of carbonyl (C=O) groups is 2. The Morgan fingerprint density at radius 1 is 1.00 bits per heavy atom. The number of anilines is 1. The Hall–Kier alpha value is -2.89. The molecule has 2 amide bonds. The molecule has 0 spiro atoms. The van der Waals surface area contributed by atoms with Crippen molar-refractivity contribution in [2.45, 2.75) is 18.4 Å². The minimum atomic E-state index is -0.565. The van der Waals surface area contributed by atoms with Crippen molar-refractivity contribution in [1.82, 2.24) is 10.3 Å². The number of nitrogens with zero attached hydrogens (tertiary/aromatic N) is 1. The van der Waals surface area contributed by atoms with Gasteiger partial charge in [-0.1, -0.05) is 47.5 Å². The van der Waals surface area contributed by atoms with E-state index >= 15 is 0 Å². The summed E-state index contributed by atoms with van der Waals surface area (Å²) < 4.78 is 0. The molecule has 7 heteroatoms. The number of nitrogens with one attached hydrogen (secondary N) is 2. The second kappa shape index (κ2) is 8.86. The Morgan fingerprint density at radius 2 is 1.73 bits per heavy atom. The minimum absolute atomic E-state index is 0.124. The first-order valence-electron chi connectivity index (χ1n) is 9.52. The topological polar surface area (TPSA) is 71.1 Å². The standard InChI is InChI=1S/C23H19Cl2N3O2/c24-16-6-1-4-14(10-16)19-12-20(29)28-22(15-5-3-9-26-13-15)21(19)23(30)27-18-8-2-7-17(25)11-18/h1-11,13,19,21-22H,12H2,(H,27,30)(H,28,29)/t19-,21-,22+/m0/s1. The zero-order chi connectivity index (χ0) is 21.1. The van der Waals surface area contributed by atoms with Gasteiger partial charge in [0.1, 0.15) is 0 Å². The van der Waals surface area contributed by atoms with Crippen LogP contribution in [0, 0.1) is 5.92 Å². The molecule has 1 aliphatic heterocycles. The molecule has 0 radical (unpaired) electrons. The van der Waals surface area contributed by atoms with E-state index in [9.17, 15) is 9.59 Å². The average Bonchev–Trinajstić information content (AvgIpc) is 2.73. The van der Waals surface area contributed by atoms with Gasteiger partial charge in [0.25, 0.3) is 0 Å². The number of aromatic nitrogens is 1. The van der Waals surface area contributed by atoms with Crippen LogP contribution in [0.15, 0.2) is 73.1 Å². The third kappa shape index (κ3) is 4.48. The number of carbonyl (C=O) groups excluding carboxylic acids is 2. The number of pyridine rings is 1. The normalized spacial score (nSPS) is 21.0. The Kier molecular flexibility index (Phi) is 6.02. The smallest absolute Gasteiger partial charge is 0.230 e. The van der Waals surface area contributed by atoms with Crippen LogP contribution in [-0.4, -0.2) is 16.8 Å². The van der Waals surface area contributed by atoms with Crippen LogP contribution in [0.4, 0.5) is 5.69 Å². The second-order valence-electron chi connectivity index (χ2n) is 7.22. The van der Waals surface area contributed by atoms with Crippen molar-refractivity contribution in [1.29, 1.82) is 0 Å². The highest BCUT2D eigenvalue weighted by Gasteiger charge is 2.43. The van der Waals surface area contributed by atoms with Crippen LogP contribution < -0.4 is 10.6 Å². The first-order chi connectivity index (χ1) is 14.5. The van der Waals surface area contributed by atoms with E-state index in [1.165, 1.54) is 0 Å². The molecule has 2 aromatic carbocycles. The van der Waals surface area contributed by atoms with Gasteiger partial charge in [0.05, 0.1) is 12.0 Å². The fourth-order valence-corrected chi connectivity index (χ4v) is 4.31. The summed E-state index contributed by atoms with van der Waals surface area (Å²) in [5, 5.41) is 7.02. The van der Waals surface area contributed by atoms with Crippen molar-refractivity contribution in [3.63, 3.8) is 0 Å². The summed E-state index contributed by atoms with van der Waals surface area (Å²) in [6.45, 7) is 0. The summed E-state index contributed by atoms with van der Waals surface area (Å²) in [5.41, 5.74) is 2.21. The van der Waals surface area contributed by atoms with Crippen LogP contribution in [-0.2, 0) is 9.59 Å². The molecule has 152 valence electrons. The number of halogens is 2. The van der Waals surface area contributed by atoms with Crippen LogP contribution in [0.25, 0.3) is 0 Å². The highest BCUT2D eigenvalue weighted by atomic mass is 35.5. The number of amides is 2. The molecule has 0 bridgehead atoms. The van der Waals surface area contributed by atoms with E-state index in [0.717, 1.165) is 11.1 Å². The van der Waals surface area contributed by atoms with Gasteiger partial charge in [0.15, 0.2) is 0 Å². The molecule has 0 saturated carbocycles. The zero-order valence-electron chi connectivity index (χ0n) is 15.9. The third-order valence-electron chi connectivity index (χ3n) is 5.23. The number of hydrogen-bond donors (Lipinski definition) is 2. The SMILES string of the molecule is O=C1C[C@@H](c2cccc(Cl)c2)[C@H](C(=O)Nc2cccc(Cl)c2)[C@@H](c2cccnc2)N1. The van der Waals surface area contributed by atoms with Gasteiger partial charge in [0.2, 0.25) is 11.8 Å². The largest absolute Gasteiger partial charge is 0.348 e. The maximum absolute atomic E-state index is 13.5. The van der Waals surface area contributed by atoms with Gasteiger partial charge >= 0.3 is 0 Å². The summed E-state index contributed by atoms with van der Waals surface area (Å²) in [4.78, 5) is 30.2. The summed E-state index contributed by atoms with van der Waals surface area (Å²) in [7, 11) is 0. The lowest BCUT2D eigenvalue weighted by molar-refractivity contribution is -0.129. The Balaban J connectivity index is 1.75. The van der Waals surface area contributed by atoms with Crippen molar-refractivity contribution >= 4 is 40.7 Å². The van der Waals surface area contributed by atoms with E-state index in [1.807, 2.05) is 24.3 Å². The molecule has 0 unspecified atom stereocenters. The van der Waals surface area contributed by atoms with E-state index in [1.54, 1.807) is 48.8 Å². The summed E-state index contributed by atoms with van der Waals surface area (Å²) >= 11 is 12.3. The molecular weight excluding hydrogens is 421 g/mol. The van der Waals surface area contributed by atoms with E-state index < -0.39 is 12.0 Å². The maximum Gasteiger partial charge on any atom is 0.230 e. The van der Waals surface area contributed by atoms with Gasteiger partial charge < -0.3 is 10.6 Å². The van der Waals surface area contributed by atoms with Gasteiger partial charge in [-0.3, -0.25) is 14.6 Å². The minimum Gasteiger partial charge on any atom is -0.348 e. The van der Waals surface area contributed by atoms with Crippen LogP contribution in [0.3, 0.4) is 0 Å². The third-order valence-corrected chi connectivity index (χ3v) is 5.70. The lowest BCUT2D eigenvalue weighted by atomic mass is 9.74. The fraction of sp³-hybridized carbons (Fsp3) is 0.174. The van der Waals surface area contributed by atoms with Crippen LogP contribution in [0.2, 0.25) is 10.0 Å². The van der Waals surface area contributed by atoms with Gasteiger partial charge in [-0.05, 0) is 47.5 Å². The van der Waals surface area contributed by atoms with Gasteiger partial charge in [-0.2, -0.15) is 0 Å². The van der Waals surface area contributed by atoms with Crippen LogP contribution >= 0.6 is 23.2 Å². The summed E-state index contributed by atoms with van der Waals surface area (Å²) in [6, 6.07) is 17.4. The molecule has 4 rings (SSSR count). The van der Waals surface area contributed by atoms with E-state index in [4.69, 9.17) is 23.2 Å². The summed E-state index contributed by atoms with van der Waals surface area (Å²) in [5.74, 6) is -1.25. The van der Waals surface area contributed by atoms with Gasteiger partial charge in [-0.25, -0.2) is 0 Å². The first kappa shape index (κ1) is 20.4. The number of hydrogen-bond acceptors (Lipinski definition) is 3. The molecule has 1 saturated heterocycles. The zero-order valence-corrected chi connectivity index (χ0v) is 17.4. The number of rotatable bonds is 4. The van der Waals surface area contributed by atoms with E-state index in [-0.39, 0.29) is 24.2 Å².